The fourth-order valence-electron chi connectivity index (χ4n) is 1.55. The molecule has 0 radical (unpaired) electrons. The smallest absolute Gasteiger partial charge is 0.254 e. The lowest BCUT2D eigenvalue weighted by atomic mass is 10.1. The van der Waals surface area contributed by atoms with E-state index in [1.807, 2.05) is 0 Å². The molecule has 0 atom stereocenters. The van der Waals surface area contributed by atoms with Crippen molar-refractivity contribution in [3.05, 3.63) is 70.2 Å². The fraction of sp³-hybridized carbons (Fsp3) is 0.0714. The Bertz CT molecular complexity index is 599. The number of rotatable bonds is 3. The van der Waals surface area contributed by atoms with E-state index in [2.05, 4.69) is 5.32 Å². The Balaban J connectivity index is 2.05. The summed E-state index contributed by atoms with van der Waals surface area (Å²) < 4.78 is 26.3. The molecule has 0 aliphatic carbocycles. The van der Waals surface area contributed by atoms with E-state index in [1.54, 1.807) is 24.3 Å². The van der Waals surface area contributed by atoms with Crippen LogP contribution in [0.4, 0.5) is 8.78 Å². The van der Waals surface area contributed by atoms with Crippen molar-refractivity contribution in [2.75, 3.05) is 0 Å². The highest BCUT2D eigenvalue weighted by atomic mass is 35.5. The Hall–Kier alpha value is -1.94. The zero-order chi connectivity index (χ0) is 13.8. The third kappa shape index (κ3) is 3.51. The van der Waals surface area contributed by atoms with Crippen LogP contribution in [0.3, 0.4) is 0 Å². The van der Waals surface area contributed by atoms with Crippen LogP contribution in [0.15, 0.2) is 42.5 Å². The van der Waals surface area contributed by atoms with Crippen molar-refractivity contribution in [1.29, 1.82) is 0 Å². The molecule has 0 heterocycles. The van der Waals surface area contributed by atoms with Crippen LogP contribution in [-0.2, 0) is 6.54 Å². The molecule has 5 heteroatoms. The summed E-state index contributed by atoms with van der Waals surface area (Å²) in [5, 5.41) is 3.10. The predicted molar refractivity (Wildman–Crippen MR) is 69.0 cm³/mol. The third-order valence-electron chi connectivity index (χ3n) is 2.54. The Morgan fingerprint density at radius 1 is 1.11 bits per heavy atom. The van der Waals surface area contributed by atoms with Crippen LogP contribution in [-0.4, -0.2) is 5.91 Å². The number of amides is 1. The Kier molecular flexibility index (Phi) is 4.12. The van der Waals surface area contributed by atoms with Gasteiger partial charge in [-0.3, -0.25) is 4.79 Å². The van der Waals surface area contributed by atoms with Gasteiger partial charge in [-0.2, -0.15) is 0 Å². The Labute approximate surface area is 114 Å². The van der Waals surface area contributed by atoms with Gasteiger partial charge < -0.3 is 5.32 Å². The molecule has 0 aliphatic heterocycles. The van der Waals surface area contributed by atoms with Gasteiger partial charge in [-0.15, -0.1) is 0 Å². The van der Waals surface area contributed by atoms with E-state index in [4.69, 9.17) is 11.6 Å². The minimum atomic E-state index is -0.755. The fourth-order valence-corrected chi connectivity index (χ4v) is 1.68. The minimum absolute atomic E-state index is 0.214. The Morgan fingerprint density at radius 3 is 2.47 bits per heavy atom. The average Bonchev–Trinajstić information content (AvgIpc) is 2.40. The lowest BCUT2D eigenvalue weighted by molar-refractivity contribution is 0.0946. The highest BCUT2D eigenvalue weighted by molar-refractivity contribution is 6.30. The zero-order valence-corrected chi connectivity index (χ0v) is 10.5. The van der Waals surface area contributed by atoms with Gasteiger partial charge in [0, 0.05) is 11.6 Å². The molecule has 19 heavy (non-hydrogen) atoms. The summed E-state index contributed by atoms with van der Waals surface area (Å²) in [7, 11) is 0. The SMILES string of the molecule is O=C(NCc1ccc(Cl)cc1)c1cc(F)ccc1F. The summed E-state index contributed by atoms with van der Waals surface area (Å²) in [5.41, 5.74) is 0.503. The maximum absolute atomic E-state index is 13.4. The molecule has 0 saturated heterocycles. The van der Waals surface area contributed by atoms with Gasteiger partial charge in [-0.1, -0.05) is 23.7 Å². The van der Waals surface area contributed by atoms with Crippen molar-refractivity contribution in [3.63, 3.8) is 0 Å². The van der Waals surface area contributed by atoms with Gasteiger partial charge in [-0.25, -0.2) is 8.78 Å². The monoisotopic (exact) mass is 281 g/mol. The molecule has 1 N–H and O–H groups in total. The van der Waals surface area contributed by atoms with Crippen LogP contribution in [0.5, 0.6) is 0 Å². The number of carbonyl (C=O) groups excluding carboxylic acids is 1. The second-order valence-corrected chi connectivity index (χ2v) is 4.37. The number of benzene rings is 2. The molecule has 0 unspecified atom stereocenters. The van der Waals surface area contributed by atoms with E-state index in [1.165, 1.54) is 0 Å². The van der Waals surface area contributed by atoms with Crippen molar-refractivity contribution in [1.82, 2.24) is 5.32 Å². The first-order valence-corrected chi connectivity index (χ1v) is 5.92. The first kappa shape index (κ1) is 13.5. The number of halogens is 3. The van der Waals surface area contributed by atoms with E-state index in [0.717, 1.165) is 23.8 Å². The zero-order valence-electron chi connectivity index (χ0n) is 9.79. The van der Waals surface area contributed by atoms with Gasteiger partial charge in [0.15, 0.2) is 0 Å². The summed E-state index contributed by atoms with van der Waals surface area (Å²) >= 11 is 5.73. The summed E-state index contributed by atoms with van der Waals surface area (Å²) in [5.74, 6) is -2.07. The molecular weight excluding hydrogens is 272 g/mol. The highest BCUT2D eigenvalue weighted by Crippen LogP contribution is 2.11. The largest absolute Gasteiger partial charge is 0.348 e. The molecular formula is C14H10ClF2NO. The van der Waals surface area contributed by atoms with E-state index < -0.39 is 17.5 Å². The van der Waals surface area contributed by atoms with Crippen molar-refractivity contribution < 1.29 is 13.6 Å². The first-order valence-electron chi connectivity index (χ1n) is 5.54. The van der Waals surface area contributed by atoms with Crippen LogP contribution in [0, 0.1) is 11.6 Å². The highest BCUT2D eigenvalue weighted by Gasteiger charge is 2.12. The van der Waals surface area contributed by atoms with Crippen molar-refractivity contribution in [2.45, 2.75) is 6.54 Å². The van der Waals surface area contributed by atoms with E-state index in [9.17, 15) is 13.6 Å². The number of hydrogen-bond acceptors (Lipinski definition) is 1. The summed E-state index contributed by atoms with van der Waals surface area (Å²) in [6, 6.07) is 9.61. The topological polar surface area (TPSA) is 29.1 Å². The third-order valence-corrected chi connectivity index (χ3v) is 2.79. The van der Waals surface area contributed by atoms with Crippen LogP contribution < -0.4 is 5.32 Å². The molecule has 1 amide bonds. The summed E-state index contributed by atoms with van der Waals surface area (Å²) in [6.07, 6.45) is 0. The molecule has 0 fully saturated rings. The number of hydrogen-bond donors (Lipinski definition) is 1. The maximum Gasteiger partial charge on any atom is 0.254 e. The van der Waals surface area contributed by atoms with E-state index >= 15 is 0 Å². The lowest BCUT2D eigenvalue weighted by Gasteiger charge is -2.06. The predicted octanol–water partition coefficient (Wildman–Crippen LogP) is 3.55. The van der Waals surface area contributed by atoms with Crippen LogP contribution in [0.25, 0.3) is 0 Å². The number of carbonyl (C=O) groups is 1. The van der Waals surface area contributed by atoms with Gasteiger partial charge in [0.1, 0.15) is 11.6 Å². The van der Waals surface area contributed by atoms with E-state index in [0.29, 0.717) is 5.02 Å². The molecule has 0 bridgehead atoms. The second kappa shape index (κ2) is 5.80. The van der Waals surface area contributed by atoms with Gasteiger partial charge >= 0.3 is 0 Å². The molecule has 2 aromatic rings. The molecule has 0 spiro atoms. The van der Waals surface area contributed by atoms with Gasteiger partial charge in [-0.05, 0) is 35.9 Å². The summed E-state index contributed by atoms with van der Waals surface area (Å²) in [6.45, 7) is 0.214. The lowest BCUT2D eigenvalue weighted by Crippen LogP contribution is -2.24. The minimum Gasteiger partial charge on any atom is -0.348 e. The van der Waals surface area contributed by atoms with Gasteiger partial charge in [0.2, 0.25) is 0 Å². The number of nitrogens with one attached hydrogen (secondary N) is 1. The maximum atomic E-state index is 13.4. The normalized spacial score (nSPS) is 10.3. The van der Waals surface area contributed by atoms with E-state index in [-0.39, 0.29) is 12.1 Å². The van der Waals surface area contributed by atoms with Gasteiger partial charge in [0.25, 0.3) is 5.91 Å². The molecule has 0 aromatic heterocycles. The Morgan fingerprint density at radius 2 is 1.79 bits per heavy atom. The second-order valence-electron chi connectivity index (χ2n) is 3.93. The van der Waals surface area contributed by atoms with Gasteiger partial charge in [0.05, 0.1) is 5.56 Å². The molecule has 0 aliphatic rings. The first-order chi connectivity index (χ1) is 9.06. The molecule has 2 rings (SSSR count). The molecule has 2 aromatic carbocycles. The van der Waals surface area contributed by atoms with Crippen LogP contribution in [0.2, 0.25) is 5.02 Å². The van der Waals surface area contributed by atoms with Crippen LogP contribution in [0.1, 0.15) is 15.9 Å². The molecule has 2 nitrogen and oxygen atoms in total. The van der Waals surface area contributed by atoms with Crippen molar-refractivity contribution >= 4 is 17.5 Å². The summed E-state index contributed by atoms with van der Waals surface area (Å²) in [4.78, 5) is 11.7. The van der Waals surface area contributed by atoms with Crippen molar-refractivity contribution in [2.24, 2.45) is 0 Å². The van der Waals surface area contributed by atoms with Crippen molar-refractivity contribution in [3.8, 4) is 0 Å². The van der Waals surface area contributed by atoms with Crippen LogP contribution >= 0.6 is 11.6 Å². The average molecular weight is 282 g/mol. The quantitative estimate of drug-likeness (QED) is 0.916. The molecule has 0 saturated carbocycles. The molecule has 98 valence electrons. The standard InChI is InChI=1S/C14H10ClF2NO/c15-10-3-1-9(2-4-10)8-18-14(19)12-7-11(16)5-6-13(12)17/h1-7H,8H2,(H,18,19).